The van der Waals surface area contributed by atoms with Gasteiger partial charge in [0.15, 0.2) is 5.17 Å². The number of pyridine rings is 1. The van der Waals surface area contributed by atoms with E-state index in [1.807, 2.05) is 32.0 Å². The number of amidine groups is 1. The minimum absolute atomic E-state index is 0.154. The lowest BCUT2D eigenvalue weighted by molar-refractivity contribution is 0.102. The van der Waals surface area contributed by atoms with Crippen molar-refractivity contribution in [1.29, 1.82) is 5.26 Å². The van der Waals surface area contributed by atoms with Crippen molar-refractivity contribution in [1.82, 2.24) is 9.88 Å². The summed E-state index contributed by atoms with van der Waals surface area (Å²) >= 11 is 1.39. The van der Waals surface area contributed by atoms with Crippen molar-refractivity contribution < 1.29 is 9.18 Å². The number of hydrogen-bond donors (Lipinski definition) is 2. The molecule has 0 radical (unpaired) electrons. The van der Waals surface area contributed by atoms with E-state index in [0.717, 1.165) is 11.4 Å². The number of likely N-dealkylation sites (N-methyl/N-ethyl adjacent to an activating group) is 1. The van der Waals surface area contributed by atoms with Crippen molar-refractivity contribution in [2.75, 3.05) is 26.0 Å². The van der Waals surface area contributed by atoms with Crippen molar-refractivity contribution in [3.63, 3.8) is 0 Å². The molecule has 7 nitrogen and oxygen atoms in total. The van der Waals surface area contributed by atoms with Crippen molar-refractivity contribution in [2.24, 2.45) is 10.7 Å². The van der Waals surface area contributed by atoms with Crippen molar-refractivity contribution in [3.05, 3.63) is 70.1 Å². The van der Waals surface area contributed by atoms with Gasteiger partial charge in [-0.2, -0.15) is 5.26 Å². The lowest BCUT2D eigenvalue weighted by Crippen LogP contribution is -2.29. The molecule has 1 atom stereocenters. The van der Waals surface area contributed by atoms with Crippen LogP contribution in [0.2, 0.25) is 0 Å². The summed E-state index contributed by atoms with van der Waals surface area (Å²) in [4.78, 5) is 24.1. The van der Waals surface area contributed by atoms with Gasteiger partial charge in [-0.25, -0.2) is 9.37 Å². The first kappa shape index (κ1) is 22.5. The number of aliphatic imine (C=N–C) groups is 1. The fourth-order valence-electron chi connectivity index (χ4n) is 3.17. The van der Waals surface area contributed by atoms with E-state index in [2.05, 4.69) is 21.4 Å². The van der Waals surface area contributed by atoms with E-state index in [-0.39, 0.29) is 5.69 Å². The molecule has 0 spiro atoms. The third-order valence-corrected chi connectivity index (χ3v) is 5.60. The number of hydrogen-bond acceptors (Lipinski definition) is 7. The van der Waals surface area contributed by atoms with Gasteiger partial charge in [-0.05, 0) is 56.3 Å². The number of nitrogens with two attached hydrogens (primary N) is 1. The number of thioether (sulfide) groups is 1. The largest absolute Gasteiger partial charge is 0.378 e. The Bertz CT molecular complexity index is 1090. The molecule has 1 amide bonds. The normalized spacial score (nSPS) is 19.7. The van der Waals surface area contributed by atoms with Crippen LogP contribution in [-0.4, -0.2) is 41.6 Å². The Kier molecular flexibility index (Phi) is 6.73. The Labute approximate surface area is 184 Å². The summed E-state index contributed by atoms with van der Waals surface area (Å²) in [5, 5.41) is 11.9. The maximum Gasteiger partial charge on any atom is 0.274 e. The highest BCUT2D eigenvalue weighted by molar-refractivity contribution is 8.17. The van der Waals surface area contributed by atoms with Crippen LogP contribution in [0.4, 0.5) is 10.1 Å². The number of nitriles is 1. The summed E-state index contributed by atoms with van der Waals surface area (Å²) in [7, 11) is 3.94. The number of amides is 1. The molecule has 0 fully saturated rings. The predicted octanol–water partition coefficient (Wildman–Crippen LogP) is 3.46. The number of carbonyl (C=O) groups is 1. The number of halogens is 1. The van der Waals surface area contributed by atoms with Crippen molar-refractivity contribution >= 4 is 28.5 Å². The molecule has 31 heavy (non-hydrogen) atoms. The van der Waals surface area contributed by atoms with E-state index in [4.69, 9.17) is 11.0 Å². The molecule has 3 N–H and O–H groups in total. The molecule has 0 saturated carbocycles. The van der Waals surface area contributed by atoms with Crippen LogP contribution in [0.1, 0.15) is 35.0 Å². The molecule has 1 aromatic heterocycles. The third-order valence-electron chi connectivity index (χ3n) is 4.72. The first-order chi connectivity index (χ1) is 14.7. The van der Waals surface area contributed by atoms with E-state index in [1.54, 1.807) is 6.07 Å². The highest BCUT2D eigenvalue weighted by Crippen LogP contribution is 2.42. The fraction of sp³-hybridized carbons (Fsp3) is 0.273. The number of anilines is 1. The zero-order valence-electron chi connectivity index (χ0n) is 17.5. The number of rotatable bonds is 5. The van der Waals surface area contributed by atoms with Gasteiger partial charge in [0, 0.05) is 30.4 Å². The lowest BCUT2D eigenvalue weighted by Gasteiger charge is -2.32. The molecule has 2 heterocycles. The summed E-state index contributed by atoms with van der Waals surface area (Å²) in [6.45, 7) is 2.57. The maximum absolute atomic E-state index is 14.8. The van der Waals surface area contributed by atoms with Gasteiger partial charge < -0.3 is 16.0 Å². The molecule has 3 rings (SSSR count). The molecule has 0 aliphatic carbocycles. The summed E-state index contributed by atoms with van der Waals surface area (Å²) in [6.07, 6.45) is 3.88. The fourth-order valence-corrected chi connectivity index (χ4v) is 4.20. The Morgan fingerprint density at radius 2 is 2.19 bits per heavy atom. The van der Waals surface area contributed by atoms with E-state index in [9.17, 15) is 9.18 Å². The summed E-state index contributed by atoms with van der Waals surface area (Å²) < 4.78 is 14.8. The molecule has 1 aliphatic rings. The average molecular weight is 439 g/mol. The van der Waals surface area contributed by atoms with Crippen molar-refractivity contribution in [2.45, 2.75) is 18.9 Å². The van der Waals surface area contributed by atoms with E-state index >= 15 is 0 Å². The highest BCUT2D eigenvalue weighted by atomic mass is 32.2. The van der Waals surface area contributed by atoms with Gasteiger partial charge in [0.2, 0.25) is 0 Å². The number of carbonyl (C=O) groups excluding carboxylic acids is 1. The second-order valence-electron chi connectivity index (χ2n) is 7.63. The minimum atomic E-state index is -0.898. The number of benzene rings is 1. The molecule has 9 heteroatoms. The van der Waals surface area contributed by atoms with Gasteiger partial charge in [-0.15, -0.1) is 0 Å². The molecule has 0 bridgehead atoms. The second-order valence-corrected chi connectivity index (χ2v) is 8.77. The van der Waals surface area contributed by atoms with Crippen molar-refractivity contribution in [3.8, 4) is 6.07 Å². The molecular formula is C22H23FN6OS. The van der Waals surface area contributed by atoms with E-state index in [0.29, 0.717) is 28.4 Å². The Balaban J connectivity index is 1.87. The second kappa shape index (κ2) is 9.29. The van der Waals surface area contributed by atoms with Gasteiger partial charge in [-0.3, -0.25) is 9.79 Å². The topological polar surface area (TPSA) is 107 Å². The lowest BCUT2D eigenvalue weighted by atomic mass is 9.88. The first-order valence-corrected chi connectivity index (χ1v) is 10.4. The highest BCUT2D eigenvalue weighted by Gasteiger charge is 2.34. The number of nitrogens with zero attached hydrogens (tertiary/aromatic N) is 4. The van der Waals surface area contributed by atoms with Crippen LogP contribution in [0.3, 0.4) is 0 Å². The van der Waals surface area contributed by atoms with Crippen LogP contribution < -0.4 is 11.1 Å². The van der Waals surface area contributed by atoms with Crippen LogP contribution in [0, 0.1) is 17.1 Å². The predicted molar refractivity (Wildman–Crippen MR) is 121 cm³/mol. The standard InChI is InChI=1S/C22H23FN6OS/c1-22(11-16(8-9-29(2)3)31-21(25)28-22)17-10-15(5-6-18(17)23)27-20(30)19-7-4-14(12-24)13-26-19/h4-8,10,13H,9,11H2,1-3H3,(H2,25,28)(H,27,30)/b16-8-/t22-/m0/s1. The van der Waals surface area contributed by atoms with Gasteiger partial charge in [0.05, 0.1) is 11.1 Å². The van der Waals surface area contributed by atoms with Gasteiger partial charge in [0.1, 0.15) is 17.6 Å². The molecule has 0 saturated heterocycles. The molecule has 1 aromatic carbocycles. The minimum Gasteiger partial charge on any atom is -0.378 e. The van der Waals surface area contributed by atoms with Gasteiger partial charge in [-0.1, -0.05) is 17.8 Å². The molecule has 0 unspecified atom stereocenters. The SMILES string of the molecule is CN(C)C/C=C1/C[C@@](C)(c2cc(NC(=O)c3ccc(C#N)cn3)ccc2F)N=C(N)S1. The summed E-state index contributed by atoms with van der Waals surface area (Å²) in [6, 6.07) is 9.29. The van der Waals surface area contributed by atoms with Crippen LogP contribution in [0.15, 0.2) is 52.5 Å². The summed E-state index contributed by atoms with van der Waals surface area (Å²) in [5.74, 6) is -0.881. The molecule has 160 valence electrons. The zero-order chi connectivity index (χ0) is 22.6. The number of nitrogens with one attached hydrogen (secondary N) is 1. The van der Waals surface area contributed by atoms with Crippen LogP contribution >= 0.6 is 11.8 Å². The number of aromatic nitrogens is 1. The quantitative estimate of drug-likeness (QED) is 0.740. The van der Waals surface area contributed by atoms with E-state index < -0.39 is 17.3 Å². The Morgan fingerprint density at radius 3 is 2.84 bits per heavy atom. The van der Waals surface area contributed by atoms with E-state index in [1.165, 1.54) is 42.2 Å². The Morgan fingerprint density at radius 1 is 1.42 bits per heavy atom. The van der Waals surface area contributed by atoms with Crippen LogP contribution in [0.25, 0.3) is 0 Å². The zero-order valence-corrected chi connectivity index (χ0v) is 18.3. The summed E-state index contributed by atoms with van der Waals surface area (Å²) in [5.41, 5.74) is 6.42. The molecule has 1 aliphatic heterocycles. The smallest absolute Gasteiger partial charge is 0.274 e. The monoisotopic (exact) mass is 438 g/mol. The van der Waals surface area contributed by atoms with Gasteiger partial charge >= 0.3 is 0 Å². The van der Waals surface area contributed by atoms with Crippen LogP contribution in [0.5, 0.6) is 0 Å². The molecular weight excluding hydrogens is 415 g/mol. The third kappa shape index (κ3) is 5.48. The Hall–Kier alpha value is -3.22. The first-order valence-electron chi connectivity index (χ1n) is 9.54. The maximum atomic E-state index is 14.8. The van der Waals surface area contributed by atoms with Gasteiger partial charge in [0.25, 0.3) is 5.91 Å². The van der Waals surface area contributed by atoms with Crippen LogP contribution in [-0.2, 0) is 5.54 Å². The average Bonchev–Trinajstić information content (AvgIpc) is 2.73. The molecule has 2 aromatic rings.